The normalized spacial score (nSPS) is 21.0. The fourth-order valence-corrected chi connectivity index (χ4v) is 3.20. The van der Waals surface area contributed by atoms with E-state index >= 15 is 0 Å². The number of nitrogens with two attached hydrogens (primary N) is 1. The molecule has 0 saturated carbocycles. The van der Waals surface area contributed by atoms with Gasteiger partial charge in [-0.05, 0) is 44.0 Å². The van der Waals surface area contributed by atoms with Crippen LogP contribution in [0.15, 0.2) is 22.7 Å². The molecule has 1 aliphatic heterocycles. The standard InChI is InChI=1S/C14H18BrClN2O2.ClH/c1-9-4-10(6-17)7-18(9)14(19)8-20-13-3-2-11(15)5-12(13)16;/h2-3,5,9-10H,4,6-8,17H2,1H3;1H. The van der Waals surface area contributed by atoms with Crippen LogP contribution in [0, 0.1) is 5.92 Å². The Hall–Kier alpha value is -0.490. The van der Waals surface area contributed by atoms with E-state index in [9.17, 15) is 4.79 Å². The number of ether oxygens (including phenoxy) is 1. The van der Waals surface area contributed by atoms with Crippen LogP contribution >= 0.6 is 39.9 Å². The van der Waals surface area contributed by atoms with E-state index in [0.29, 0.717) is 29.8 Å². The molecule has 2 unspecified atom stereocenters. The molecule has 4 nitrogen and oxygen atoms in total. The van der Waals surface area contributed by atoms with Gasteiger partial charge in [0.05, 0.1) is 5.02 Å². The lowest BCUT2D eigenvalue weighted by molar-refractivity contribution is -0.134. The zero-order chi connectivity index (χ0) is 14.7. The molecule has 0 aliphatic carbocycles. The predicted molar refractivity (Wildman–Crippen MR) is 90.2 cm³/mol. The van der Waals surface area contributed by atoms with E-state index < -0.39 is 0 Å². The van der Waals surface area contributed by atoms with Crippen molar-refractivity contribution in [3.8, 4) is 5.75 Å². The first-order valence-electron chi connectivity index (χ1n) is 6.58. The topological polar surface area (TPSA) is 55.6 Å². The second-order valence-corrected chi connectivity index (χ2v) is 6.42. The Labute approximate surface area is 144 Å². The Morgan fingerprint density at radius 3 is 2.86 bits per heavy atom. The zero-order valence-corrected chi connectivity index (χ0v) is 14.9. The molecule has 1 aromatic carbocycles. The van der Waals surface area contributed by atoms with Gasteiger partial charge in [0.25, 0.3) is 5.91 Å². The minimum Gasteiger partial charge on any atom is -0.482 e. The molecule has 2 atom stereocenters. The number of carbonyl (C=O) groups excluding carboxylic acids is 1. The number of nitrogens with zero attached hydrogens (tertiary/aromatic N) is 1. The molecule has 2 N–H and O–H groups in total. The lowest BCUT2D eigenvalue weighted by atomic mass is 10.1. The molecule has 0 aromatic heterocycles. The Bertz CT molecular complexity index is 502. The van der Waals surface area contributed by atoms with Crippen molar-refractivity contribution in [2.45, 2.75) is 19.4 Å². The number of rotatable bonds is 4. The number of hydrogen-bond donors (Lipinski definition) is 1. The number of likely N-dealkylation sites (tertiary alicyclic amines) is 1. The maximum Gasteiger partial charge on any atom is 0.260 e. The Morgan fingerprint density at radius 2 is 2.29 bits per heavy atom. The van der Waals surface area contributed by atoms with Crippen molar-refractivity contribution in [3.05, 3.63) is 27.7 Å². The molecule has 21 heavy (non-hydrogen) atoms. The predicted octanol–water partition coefficient (Wildman–Crippen LogP) is 3.10. The number of halogens is 3. The Balaban J connectivity index is 0.00000220. The van der Waals surface area contributed by atoms with Crippen LogP contribution in [0.3, 0.4) is 0 Å². The van der Waals surface area contributed by atoms with Crippen LogP contribution in [0.1, 0.15) is 13.3 Å². The summed E-state index contributed by atoms with van der Waals surface area (Å²) in [6.45, 7) is 3.38. The van der Waals surface area contributed by atoms with Crippen molar-refractivity contribution in [2.75, 3.05) is 19.7 Å². The van der Waals surface area contributed by atoms with Gasteiger partial charge in [0.2, 0.25) is 0 Å². The van der Waals surface area contributed by atoms with Gasteiger partial charge in [-0.25, -0.2) is 0 Å². The van der Waals surface area contributed by atoms with Gasteiger partial charge in [-0.3, -0.25) is 4.79 Å². The van der Waals surface area contributed by atoms with Crippen LogP contribution in [0.2, 0.25) is 5.02 Å². The summed E-state index contributed by atoms with van der Waals surface area (Å²) < 4.78 is 6.38. The van der Waals surface area contributed by atoms with Crippen LogP contribution in [-0.4, -0.2) is 36.5 Å². The molecule has 1 amide bonds. The molecule has 0 radical (unpaired) electrons. The monoisotopic (exact) mass is 396 g/mol. The van der Waals surface area contributed by atoms with Gasteiger partial charge in [0.1, 0.15) is 5.75 Å². The third kappa shape index (κ3) is 4.74. The third-order valence-electron chi connectivity index (χ3n) is 3.56. The van der Waals surface area contributed by atoms with E-state index in [4.69, 9.17) is 22.1 Å². The molecule has 2 rings (SSSR count). The van der Waals surface area contributed by atoms with Crippen molar-refractivity contribution in [2.24, 2.45) is 11.7 Å². The minimum absolute atomic E-state index is 0. The van der Waals surface area contributed by atoms with Crippen LogP contribution < -0.4 is 10.5 Å². The second kappa shape index (κ2) is 8.22. The van der Waals surface area contributed by atoms with Gasteiger partial charge >= 0.3 is 0 Å². The number of benzene rings is 1. The van der Waals surface area contributed by atoms with E-state index in [1.165, 1.54) is 0 Å². The Kier molecular flexibility index (Phi) is 7.27. The van der Waals surface area contributed by atoms with Gasteiger partial charge < -0.3 is 15.4 Å². The van der Waals surface area contributed by atoms with Crippen molar-refractivity contribution in [1.82, 2.24) is 4.90 Å². The molecule has 118 valence electrons. The highest BCUT2D eigenvalue weighted by Crippen LogP contribution is 2.28. The lowest BCUT2D eigenvalue weighted by Gasteiger charge is -2.21. The summed E-state index contributed by atoms with van der Waals surface area (Å²) in [6.07, 6.45) is 0.960. The molecule has 1 aliphatic rings. The smallest absolute Gasteiger partial charge is 0.260 e. The first-order valence-corrected chi connectivity index (χ1v) is 7.75. The van der Waals surface area contributed by atoms with E-state index in [1.54, 1.807) is 12.1 Å². The summed E-state index contributed by atoms with van der Waals surface area (Å²) in [5, 5.41) is 0.487. The summed E-state index contributed by atoms with van der Waals surface area (Å²) >= 11 is 9.38. The largest absolute Gasteiger partial charge is 0.482 e. The van der Waals surface area contributed by atoms with E-state index in [2.05, 4.69) is 15.9 Å². The molecule has 0 bridgehead atoms. The maximum atomic E-state index is 12.2. The summed E-state index contributed by atoms with van der Waals surface area (Å²) in [6, 6.07) is 5.54. The average Bonchev–Trinajstić information content (AvgIpc) is 2.79. The summed E-state index contributed by atoms with van der Waals surface area (Å²) in [5.41, 5.74) is 5.67. The van der Waals surface area contributed by atoms with E-state index in [-0.39, 0.29) is 31.0 Å². The molecule has 1 aromatic rings. The van der Waals surface area contributed by atoms with Crippen LogP contribution in [0.4, 0.5) is 0 Å². The van der Waals surface area contributed by atoms with Crippen molar-refractivity contribution in [3.63, 3.8) is 0 Å². The lowest BCUT2D eigenvalue weighted by Crippen LogP contribution is -2.37. The van der Waals surface area contributed by atoms with Crippen LogP contribution in [0.25, 0.3) is 0 Å². The number of amides is 1. The van der Waals surface area contributed by atoms with Gasteiger partial charge in [-0.15, -0.1) is 12.4 Å². The fraction of sp³-hybridized carbons (Fsp3) is 0.500. The number of hydrogen-bond acceptors (Lipinski definition) is 3. The zero-order valence-electron chi connectivity index (χ0n) is 11.7. The third-order valence-corrected chi connectivity index (χ3v) is 4.35. The maximum absolute atomic E-state index is 12.2. The molecule has 1 fully saturated rings. The Morgan fingerprint density at radius 1 is 1.57 bits per heavy atom. The first kappa shape index (κ1) is 18.6. The SMILES string of the molecule is CC1CC(CN)CN1C(=O)COc1ccc(Br)cc1Cl.Cl. The molecule has 7 heteroatoms. The highest BCUT2D eigenvalue weighted by atomic mass is 79.9. The van der Waals surface area contributed by atoms with E-state index in [0.717, 1.165) is 10.9 Å². The summed E-state index contributed by atoms with van der Waals surface area (Å²) in [5.74, 6) is 0.892. The molecule has 0 spiro atoms. The van der Waals surface area contributed by atoms with Crippen molar-refractivity contribution >= 4 is 45.8 Å². The van der Waals surface area contributed by atoms with Crippen LogP contribution in [-0.2, 0) is 4.79 Å². The average molecular weight is 398 g/mol. The van der Waals surface area contributed by atoms with Gasteiger partial charge in [-0.2, -0.15) is 0 Å². The molecular formula is C14H19BrCl2N2O2. The molecule has 1 heterocycles. The fourth-order valence-electron chi connectivity index (χ4n) is 2.48. The first-order chi connectivity index (χ1) is 9.51. The van der Waals surface area contributed by atoms with Gasteiger partial charge in [0, 0.05) is 17.1 Å². The molecule has 1 saturated heterocycles. The number of carbonyl (C=O) groups is 1. The second-order valence-electron chi connectivity index (χ2n) is 5.10. The van der Waals surface area contributed by atoms with Crippen molar-refractivity contribution in [1.29, 1.82) is 0 Å². The van der Waals surface area contributed by atoms with Crippen molar-refractivity contribution < 1.29 is 9.53 Å². The highest BCUT2D eigenvalue weighted by Gasteiger charge is 2.31. The quantitative estimate of drug-likeness (QED) is 0.849. The van der Waals surface area contributed by atoms with E-state index in [1.807, 2.05) is 17.9 Å². The summed E-state index contributed by atoms with van der Waals surface area (Å²) in [7, 11) is 0. The summed E-state index contributed by atoms with van der Waals surface area (Å²) in [4.78, 5) is 14.0. The van der Waals surface area contributed by atoms with Crippen LogP contribution in [0.5, 0.6) is 5.75 Å². The molecular weight excluding hydrogens is 379 g/mol. The van der Waals surface area contributed by atoms with Gasteiger partial charge in [-0.1, -0.05) is 27.5 Å². The minimum atomic E-state index is -0.0209. The van der Waals surface area contributed by atoms with Gasteiger partial charge in [0.15, 0.2) is 6.61 Å². The highest BCUT2D eigenvalue weighted by molar-refractivity contribution is 9.10.